The van der Waals surface area contributed by atoms with Crippen LogP contribution in [0.4, 0.5) is 0 Å². The van der Waals surface area contributed by atoms with Crippen LogP contribution in [0.15, 0.2) is 51.7 Å². The highest BCUT2D eigenvalue weighted by molar-refractivity contribution is 6.30. The molecule has 0 fully saturated rings. The van der Waals surface area contributed by atoms with Crippen molar-refractivity contribution in [1.82, 2.24) is 0 Å². The molecule has 0 saturated heterocycles. The van der Waals surface area contributed by atoms with Gasteiger partial charge in [-0.2, -0.15) is 0 Å². The molecular weight excluding hydrogens is 272 g/mol. The van der Waals surface area contributed by atoms with E-state index in [1.165, 1.54) is 0 Å². The molecular formula is C17H13ClO2. The number of benzene rings is 2. The van der Waals surface area contributed by atoms with Gasteiger partial charge in [-0.1, -0.05) is 35.9 Å². The van der Waals surface area contributed by atoms with E-state index in [1.54, 1.807) is 12.1 Å². The predicted octanol–water partition coefficient (Wildman–Crippen LogP) is 4.73. The Morgan fingerprint density at radius 2 is 1.85 bits per heavy atom. The molecule has 1 aromatic heterocycles. The van der Waals surface area contributed by atoms with Gasteiger partial charge in [0.25, 0.3) is 0 Å². The van der Waals surface area contributed by atoms with Crippen molar-refractivity contribution in [2.45, 2.75) is 13.8 Å². The maximum absolute atomic E-state index is 12.3. The number of rotatable bonds is 1. The van der Waals surface area contributed by atoms with Crippen LogP contribution in [0, 0.1) is 13.8 Å². The molecule has 0 saturated carbocycles. The maximum atomic E-state index is 12.3. The molecule has 1 heterocycles. The Bertz CT molecular complexity index is 862. The number of hydrogen-bond acceptors (Lipinski definition) is 2. The largest absolute Gasteiger partial charge is 0.422 e. The second-order valence-corrected chi connectivity index (χ2v) is 5.34. The smallest absolute Gasteiger partial charge is 0.344 e. The van der Waals surface area contributed by atoms with Gasteiger partial charge >= 0.3 is 5.63 Å². The van der Waals surface area contributed by atoms with E-state index in [2.05, 4.69) is 0 Å². The van der Waals surface area contributed by atoms with Crippen molar-refractivity contribution >= 4 is 22.6 Å². The van der Waals surface area contributed by atoms with Gasteiger partial charge in [0.15, 0.2) is 0 Å². The SMILES string of the molecule is Cc1ccc2c(C)c(-c3cccc(Cl)c3)c(=O)oc2c1. The molecule has 0 aliphatic rings. The number of aryl methyl sites for hydroxylation is 2. The van der Waals surface area contributed by atoms with Crippen molar-refractivity contribution in [3.05, 3.63) is 69.0 Å². The maximum Gasteiger partial charge on any atom is 0.344 e. The molecule has 0 amide bonds. The number of halogens is 1. The van der Waals surface area contributed by atoms with E-state index in [9.17, 15) is 4.79 Å². The molecule has 0 aliphatic heterocycles. The first-order valence-electron chi connectivity index (χ1n) is 6.36. The Hall–Kier alpha value is -2.06. The molecule has 3 aromatic rings. The van der Waals surface area contributed by atoms with Crippen molar-refractivity contribution in [2.24, 2.45) is 0 Å². The minimum atomic E-state index is -0.331. The predicted molar refractivity (Wildman–Crippen MR) is 82.4 cm³/mol. The van der Waals surface area contributed by atoms with E-state index in [1.807, 2.05) is 44.2 Å². The van der Waals surface area contributed by atoms with Crippen molar-refractivity contribution in [3.63, 3.8) is 0 Å². The summed E-state index contributed by atoms with van der Waals surface area (Å²) in [6.07, 6.45) is 0. The van der Waals surface area contributed by atoms with Gasteiger partial charge in [-0.15, -0.1) is 0 Å². The lowest BCUT2D eigenvalue weighted by atomic mass is 9.99. The van der Waals surface area contributed by atoms with Crippen molar-refractivity contribution in [1.29, 1.82) is 0 Å². The third-order valence-electron chi connectivity index (χ3n) is 3.44. The van der Waals surface area contributed by atoms with Crippen LogP contribution in [0.5, 0.6) is 0 Å². The summed E-state index contributed by atoms with van der Waals surface area (Å²) in [6, 6.07) is 13.1. The monoisotopic (exact) mass is 284 g/mol. The summed E-state index contributed by atoms with van der Waals surface area (Å²) < 4.78 is 5.45. The van der Waals surface area contributed by atoms with E-state index >= 15 is 0 Å². The van der Waals surface area contributed by atoms with Gasteiger partial charge in [-0.3, -0.25) is 0 Å². The molecule has 3 rings (SSSR count). The zero-order chi connectivity index (χ0) is 14.3. The van der Waals surface area contributed by atoms with E-state index in [0.717, 1.165) is 22.1 Å². The van der Waals surface area contributed by atoms with Gasteiger partial charge in [-0.25, -0.2) is 4.79 Å². The number of hydrogen-bond donors (Lipinski definition) is 0. The fourth-order valence-electron chi connectivity index (χ4n) is 2.44. The van der Waals surface area contributed by atoms with Crippen LogP contribution in [-0.4, -0.2) is 0 Å². The molecule has 0 bridgehead atoms. The van der Waals surface area contributed by atoms with Crippen LogP contribution in [0.1, 0.15) is 11.1 Å². The second kappa shape index (κ2) is 4.80. The molecule has 0 radical (unpaired) electrons. The third-order valence-corrected chi connectivity index (χ3v) is 3.67. The zero-order valence-corrected chi connectivity index (χ0v) is 12.0. The summed E-state index contributed by atoms with van der Waals surface area (Å²) in [4.78, 5) is 12.3. The molecule has 0 N–H and O–H groups in total. The summed E-state index contributed by atoms with van der Waals surface area (Å²) in [5.74, 6) is 0. The molecule has 100 valence electrons. The Balaban J connectivity index is 2.37. The van der Waals surface area contributed by atoms with Crippen molar-refractivity contribution in [3.8, 4) is 11.1 Å². The van der Waals surface area contributed by atoms with Crippen LogP contribution < -0.4 is 5.63 Å². The van der Waals surface area contributed by atoms with Crippen molar-refractivity contribution < 1.29 is 4.42 Å². The minimum absolute atomic E-state index is 0.331. The molecule has 0 unspecified atom stereocenters. The second-order valence-electron chi connectivity index (χ2n) is 4.90. The zero-order valence-electron chi connectivity index (χ0n) is 11.2. The van der Waals surface area contributed by atoms with Gasteiger partial charge in [0.1, 0.15) is 5.58 Å². The molecule has 2 nitrogen and oxygen atoms in total. The Morgan fingerprint density at radius 1 is 1.05 bits per heavy atom. The van der Waals surface area contributed by atoms with E-state index in [0.29, 0.717) is 16.2 Å². The first kappa shape index (κ1) is 12.9. The fourth-order valence-corrected chi connectivity index (χ4v) is 2.63. The average Bonchev–Trinajstić information content (AvgIpc) is 2.38. The standard InChI is InChI=1S/C17H13ClO2/c1-10-6-7-14-11(2)16(17(19)20-15(14)8-10)12-4-3-5-13(18)9-12/h3-9H,1-2H3. The summed E-state index contributed by atoms with van der Waals surface area (Å²) >= 11 is 6.01. The Morgan fingerprint density at radius 3 is 2.60 bits per heavy atom. The minimum Gasteiger partial charge on any atom is -0.422 e. The van der Waals surface area contributed by atoms with Crippen LogP contribution >= 0.6 is 11.6 Å². The Kier molecular flexibility index (Phi) is 3.11. The van der Waals surface area contributed by atoms with E-state index < -0.39 is 0 Å². The van der Waals surface area contributed by atoms with E-state index in [-0.39, 0.29) is 5.63 Å². The summed E-state index contributed by atoms with van der Waals surface area (Å²) in [5, 5.41) is 1.55. The molecule has 2 aromatic carbocycles. The van der Waals surface area contributed by atoms with Gasteiger partial charge < -0.3 is 4.42 Å². The summed E-state index contributed by atoms with van der Waals surface area (Å²) in [7, 11) is 0. The van der Waals surface area contributed by atoms with Crippen molar-refractivity contribution in [2.75, 3.05) is 0 Å². The van der Waals surface area contributed by atoms with Gasteiger partial charge in [-0.05, 0) is 48.7 Å². The van der Waals surface area contributed by atoms with Crippen LogP contribution in [-0.2, 0) is 0 Å². The van der Waals surface area contributed by atoms with Crippen LogP contribution in [0.3, 0.4) is 0 Å². The van der Waals surface area contributed by atoms with E-state index in [4.69, 9.17) is 16.0 Å². The number of fused-ring (bicyclic) bond motifs is 1. The topological polar surface area (TPSA) is 30.2 Å². The van der Waals surface area contributed by atoms with Gasteiger partial charge in [0.2, 0.25) is 0 Å². The normalized spacial score (nSPS) is 10.9. The molecule has 3 heteroatoms. The lowest BCUT2D eigenvalue weighted by molar-refractivity contribution is 0.562. The molecule has 0 aliphatic carbocycles. The average molecular weight is 285 g/mol. The lowest BCUT2D eigenvalue weighted by Crippen LogP contribution is -2.06. The lowest BCUT2D eigenvalue weighted by Gasteiger charge is -2.08. The van der Waals surface area contributed by atoms with Gasteiger partial charge in [0.05, 0.1) is 5.56 Å². The fraction of sp³-hybridized carbons (Fsp3) is 0.118. The van der Waals surface area contributed by atoms with Crippen LogP contribution in [0.2, 0.25) is 5.02 Å². The first-order chi connectivity index (χ1) is 9.56. The highest BCUT2D eigenvalue weighted by Gasteiger charge is 2.13. The Labute approximate surface area is 121 Å². The summed E-state index contributed by atoms with van der Waals surface area (Å²) in [5.41, 5.74) is 3.63. The van der Waals surface area contributed by atoms with Crippen LogP contribution in [0.25, 0.3) is 22.1 Å². The molecule has 0 spiro atoms. The first-order valence-corrected chi connectivity index (χ1v) is 6.74. The highest BCUT2D eigenvalue weighted by atomic mass is 35.5. The molecule has 0 atom stereocenters. The highest BCUT2D eigenvalue weighted by Crippen LogP contribution is 2.28. The van der Waals surface area contributed by atoms with Gasteiger partial charge in [0, 0.05) is 10.4 Å². The quantitative estimate of drug-likeness (QED) is 0.605. The summed E-state index contributed by atoms with van der Waals surface area (Å²) in [6.45, 7) is 3.91. The molecule has 20 heavy (non-hydrogen) atoms. The third kappa shape index (κ3) is 2.12.